The average molecular weight is 232 g/mol. The molecule has 0 aromatic carbocycles. The van der Waals surface area contributed by atoms with E-state index in [4.69, 9.17) is 18.9 Å². The van der Waals surface area contributed by atoms with Crippen molar-refractivity contribution in [2.24, 2.45) is 0 Å². The summed E-state index contributed by atoms with van der Waals surface area (Å²) in [6, 6.07) is 0. The highest BCUT2D eigenvalue weighted by Gasteiger charge is 2.49. The zero-order valence-corrected chi connectivity index (χ0v) is 10.2. The normalized spacial score (nSPS) is 41.4. The van der Waals surface area contributed by atoms with Crippen LogP contribution in [-0.2, 0) is 18.9 Å². The first-order valence-electron chi connectivity index (χ1n) is 5.61. The Morgan fingerprint density at radius 2 is 1.75 bits per heavy atom. The van der Waals surface area contributed by atoms with Crippen LogP contribution >= 0.6 is 0 Å². The van der Waals surface area contributed by atoms with Crippen molar-refractivity contribution in [2.75, 3.05) is 13.2 Å². The average Bonchev–Trinajstić information content (AvgIpc) is 2.65. The van der Waals surface area contributed by atoms with E-state index >= 15 is 0 Å². The predicted octanol–water partition coefficient (Wildman–Crippen LogP) is 0.650. The summed E-state index contributed by atoms with van der Waals surface area (Å²) >= 11 is 0. The van der Waals surface area contributed by atoms with Gasteiger partial charge < -0.3 is 24.1 Å². The summed E-state index contributed by atoms with van der Waals surface area (Å²) in [5.41, 5.74) is 0. The Hall–Kier alpha value is -0.200. The molecular formula is C11H20O5. The summed E-state index contributed by atoms with van der Waals surface area (Å²) in [6.07, 6.45) is -0.812. The topological polar surface area (TPSA) is 57.2 Å². The molecule has 0 saturated carbocycles. The first kappa shape index (κ1) is 12.3. The van der Waals surface area contributed by atoms with E-state index in [9.17, 15) is 5.11 Å². The molecule has 5 heteroatoms. The summed E-state index contributed by atoms with van der Waals surface area (Å²) < 4.78 is 22.5. The lowest BCUT2D eigenvalue weighted by Gasteiger charge is -2.23. The third-order valence-electron chi connectivity index (χ3n) is 2.80. The van der Waals surface area contributed by atoms with Gasteiger partial charge in [-0.25, -0.2) is 0 Å². The highest BCUT2D eigenvalue weighted by atomic mass is 16.8. The molecule has 2 rings (SSSR count). The molecule has 0 aromatic heterocycles. The lowest BCUT2D eigenvalue weighted by atomic mass is 10.1. The van der Waals surface area contributed by atoms with Gasteiger partial charge in [0.15, 0.2) is 11.6 Å². The number of aliphatic hydroxyl groups is 1. The van der Waals surface area contributed by atoms with Crippen molar-refractivity contribution in [1.82, 2.24) is 0 Å². The quantitative estimate of drug-likeness (QED) is 0.757. The summed E-state index contributed by atoms with van der Waals surface area (Å²) in [4.78, 5) is 0. The number of aliphatic hydroxyl groups excluding tert-OH is 1. The molecule has 2 aliphatic heterocycles. The van der Waals surface area contributed by atoms with Crippen molar-refractivity contribution in [2.45, 2.75) is 57.6 Å². The van der Waals surface area contributed by atoms with Crippen molar-refractivity contribution in [1.29, 1.82) is 0 Å². The van der Waals surface area contributed by atoms with Crippen LogP contribution < -0.4 is 0 Å². The molecule has 94 valence electrons. The van der Waals surface area contributed by atoms with Gasteiger partial charge in [0.25, 0.3) is 0 Å². The summed E-state index contributed by atoms with van der Waals surface area (Å²) in [6.45, 7) is 7.78. The molecule has 3 atom stereocenters. The van der Waals surface area contributed by atoms with Gasteiger partial charge in [-0.1, -0.05) is 0 Å². The van der Waals surface area contributed by atoms with Gasteiger partial charge in [0.2, 0.25) is 0 Å². The Morgan fingerprint density at radius 1 is 1.06 bits per heavy atom. The summed E-state index contributed by atoms with van der Waals surface area (Å²) in [5.74, 6) is -1.26. The van der Waals surface area contributed by atoms with Gasteiger partial charge in [-0.2, -0.15) is 0 Å². The molecule has 2 aliphatic rings. The minimum Gasteiger partial charge on any atom is -0.394 e. The molecule has 16 heavy (non-hydrogen) atoms. The van der Waals surface area contributed by atoms with Crippen LogP contribution in [0.2, 0.25) is 0 Å². The largest absolute Gasteiger partial charge is 0.394 e. The van der Waals surface area contributed by atoms with E-state index in [0.717, 1.165) is 0 Å². The van der Waals surface area contributed by atoms with E-state index in [1.807, 2.05) is 27.7 Å². The highest BCUT2D eigenvalue weighted by Crippen LogP contribution is 2.35. The van der Waals surface area contributed by atoms with E-state index in [1.165, 1.54) is 0 Å². The number of hydrogen-bond acceptors (Lipinski definition) is 5. The van der Waals surface area contributed by atoms with Crippen molar-refractivity contribution in [3.63, 3.8) is 0 Å². The van der Waals surface area contributed by atoms with Gasteiger partial charge in [-0.3, -0.25) is 0 Å². The van der Waals surface area contributed by atoms with Gasteiger partial charge in [0.05, 0.1) is 13.2 Å². The first-order valence-corrected chi connectivity index (χ1v) is 5.61. The monoisotopic (exact) mass is 232 g/mol. The Bertz CT molecular complexity index is 263. The maximum Gasteiger partial charge on any atom is 0.164 e. The smallest absolute Gasteiger partial charge is 0.164 e. The van der Waals surface area contributed by atoms with E-state index in [0.29, 0.717) is 6.61 Å². The van der Waals surface area contributed by atoms with Crippen molar-refractivity contribution in [3.05, 3.63) is 0 Å². The van der Waals surface area contributed by atoms with E-state index in [1.54, 1.807) is 0 Å². The molecule has 2 heterocycles. The van der Waals surface area contributed by atoms with Crippen LogP contribution in [0.1, 0.15) is 27.7 Å². The third kappa shape index (κ3) is 2.38. The SMILES string of the molecule is CC1(C)OC[C@@H]([C@@H]2OC(C)(C)O[C@H]2CO)O1. The molecule has 1 N–H and O–H groups in total. The molecule has 5 nitrogen and oxygen atoms in total. The van der Waals surface area contributed by atoms with Crippen LogP contribution in [0, 0.1) is 0 Å². The Labute approximate surface area is 95.6 Å². The predicted molar refractivity (Wildman–Crippen MR) is 55.8 cm³/mol. The second-order valence-electron chi connectivity index (χ2n) is 5.19. The Kier molecular flexibility index (Phi) is 3.01. The maximum absolute atomic E-state index is 9.26. The third-order valence-corrected chi connectivity index (χ3v) is 2.80. The standard InChI is InChI=1S/C11H20O5/c1-10(2)13-6-8(15-10)9-7(5-12)14-11(3,4)16-9/h7-9,12H,5-6H2,1-4H3/t7-,8-,9+/m0/s1. The number of ether oxygens (including phenoxy) is 4. The molecule has 2 fully saturated rings. The Morgan fingerprint density at radius 3 is 2.25 bits per heavy atom. The van der Waals surface area contributed by atoms with E-state index in [-0.39, 0.29) is 24.9 Å². The van der Waals surface area contributed by atoms with Crippen LogP contribution in [0.3, 0.4) is 0 Å². The van der Waals surface area contributed by atoms with E-state index in [2.05, 4.69) is 0 Å². The molecule has 0 amide bonds. The number of hydrogen-bond donors (Lipinski definition) is 1. The zero-order chi connectivity index (χ0) is 12.0. The zero-order valence-electron chi connectivity index (χ0n) is 10.2. The van der Waals surface area contributed by atoms with Crippen molar-refractivity contribution >= 4 is 0 Å². The van der Waals surface area contributed by atoms with Gasteiger partial charge in [0.1, 0.15) is 18.3 Å². The van der Waals surface area contributed by atoms with Crippen molar-refractivity contribution in [3.8, 4) is 0 Å². The minimum atomic E-state index is -0.672. The second-order valence-corrected chi connectivity index (χ2v) is 5.19. The van der Waals surface area contributed by atoms with Crippen LogP contribution in [0.5, 0.6) is 0 Å². The Balaban J connectivity index is 2.04. The summed E-state index contributed by atoms with van der Waals surface area (Å²) in [7, 11) is 0. The van der Waals surface area contributed by atoms with E-state index < -0.39 is 11.6 Å². The van der Waals surface area contributed by atoms with Crippen LogP contribution in [0.15, 0.2) is 0 Å². The van der Waals surface area contributed by atoms with Gasteiger partial charge >= 0.3 is 0 Å². The maximum atomic E-state index is 9.26. The number of rotatable bonds is 2. The molecule has 0 radical (unpaired) electrons. The fraction of sp³-hybridized carbons (Fsp3) is 1.00. The van der Waals surface area contributed by atoms with Crippen molar-refractivity contribution < 1.29 is 24.1 Å². The second kappa shape index (κ2) is 3.92. The fourth-order valence-electron chi connectivity index (χ4n) is 2.20. The minimum absolute atomic E-state index is 0.0750. The molecule has 0 bridgehead atoms. The van der Waals surface area contributed by atoms with Crippen LogP contribution in [0.25, 0.3) is 0 Å². The molecular weight excluding hydrogens is 212 g/mol. The summed E-state index contributed by atoms with van der Waals surface area (Å²) in [5, 5.41) is 9.26. The highest BCUT2D eigenvalue weighted by molar-refractivity contribution is 4.90. The molecule has 0 aromatic rings. The fourth-order valence-corrected chi connectivity index (χ4v) is 2.20. The lowest BCUT2D eigenvalue weighted by molar-refractivity contribution is -0.175. The first-order chi connectivity index (χ1) is 7.33. The van der Waals surface area contributed by atoms with Gasteiger partial charge in [-0.15, -0.1) is 0 Å². The van der Waals surface area contributed by atoms with Crippen LogP contribution in [0.4, 0.5) is 0 Å². The van der Waals surface area contributed by atoms with Gasteiger partial charge in [0, 0.05) is 0 Å². The van der Waals surface area contributed by atoms with Gasteiger partial charge in [-0.05, 0) is 27.7 Å². The van der Waals surface area contributed by atoms with Crippen LogP contribution in [-0.4, -0.2) is 48.2 Å². The molecule has 0 unspecified atom stereocenters. The molecule has 2 saturated heterocycles. The lowest BCUT2D eigenvalue weighted by Crippen LogP contribution is -2.39. The molecule has 0 spiro atoms. The molecule has 0 aliphatic carbocycles.